The van der Waals surface area contributed by atoms with Crippen LogP contribution in [0.25, 0.3) is 11.3 Å². The first-order valence-corrected chi connectivity index (χ1v) is 7.59. The Morgan fingerprint density at radius 2 is 2.23 bits per heavy atom. The molecule has 0 fully saturated rings. The summed E-state index contributed by atoms with van der Waals surface area (Å²) in [6, 6.07) is 5.15. The highest BCUT2D eigenvalue weighted by molar-refractivity contribution is 7.14. The minimum absolute atomic E-state index is 0.162. The summed E-state index contributed by atoms with van der Waals surface area (Å²) in [6.07, 6.45) is 0. The summed E-state index contributed by atoms with van der Waals surface area (Å²) in [4.78, 5) is 16.3. The average molecular weight is 321 g/mol. The van der Waals surface area contributed by atoms with Crippen LogP contribution in [0.2, 0.25) is 0 Å². The van der Waals surface area contributed by atoms with Gasteiger partial charge in [-0.1, -0.05) is 11.6 Å². The summed E-state index contributed by atoms with van der Waals surface area (Å²) in [5, 5.41) is 5.06. The molecule has 1 aromatic heterocycles. The van der Waals surface area contributed by atoms with E-state index in [0.717, 1.165) is 22.6 Å². The van der Waals surface area contributed by atoms with E-state index in [0.29, 0.717) is 5.13 Å². The van der Waals surface area contributed by atoms with Gasteiger partial charge in [0.25, 0.3) is 0 Å². The lowest BCUT2D eigenvalue weighted by Crippen LogP contribution is -2.39. The number of nitrogens with zero attached hydrogens (tertiary/aromatic N) is 1. The number of ether oxygens (including phenoxy) is 2. The van der Waals surface area contributed by atoms with Gasteiger partial charge in [-0.3, -0.25) is 4.79 Å². The number of amides is 1. The van der Waals surface area contributed by atoms with Crippen LogP contribution in [0, 0.1) is 6.92 Å². The van der Waals surface area contributed by atoms with Crippen molar-refractivity contribution >= 4 is 22.4 Å². The molecule has 2 rings (SSSR count). The fourth-order valence-electron chi connectivity index (χ4n) is 1.93. The Hall–Kier alpha value is -1.96. The minimum atomic E-state index is -0.717. The van der Waals surface area contributed by atoms with Crippen molar-refractivity contribution in [1.82, 2.24) is 4.98 Å². The van der Waals surface area contributed by atoms with Crippen molar-refractivity contribution in [2.24, 2.45) is 5.73 Å². The van der Waals surface area contributed by atoms with Crippen molar-refractivity contribution in [2.45, 2.75) is 13.0 Å². The second-order valence-corrected chi connectivity index (χ2v) is 5.65. The molecule has 1 atom stereocenters. The number of hydrogen-bond acceptors (Lipinski definition) is 6. The number of nitrogens with two attached hydrogens (primary N) is 1. The molecule has 1 aromatic carbocycles. The standard InChI is InChI=1S/C15H19N3O3S/c1-9-4-5-13(21-3)10(6-9)12-8-22-15(17-12)18-14(19)11(16)7-20-2/h4-6,8,11H,7,16H2,1-3H3,(H,17,18,19). The second kappa shape index (κ2) is 7.35. The predicted molar refractivity (Wildman–Crippen MR) is 87.3 cm³/mol. The SMILES string of the molecule is COCC(N)C(=O)Nc1nc(-c2cc(C)ccc2OC)cs1. The molecule has 1 amide bonds. The molecule has 3 N–H and O–H groups in total. The lowest BCUT2D eigenvalue weighted by Gasteiger charge is -2.09. The Labute approximate surface area is 133 Å². The molecule has 0 bridgehead atoms. The Balaban J connectivity index is 2.18. The first kappa shape index (κ1) is 16.4. The molecule has 1 heterocycles. The van der Waals surface area contributed by atoms with Crippen molar-refractivity contribution in [3.05, 3.63) is 29.1 Å². The van der Waals surface area contributed by atoms with E-state index in [9.17, 15) is 4.79 Å². The van der Waals surface area contributed by atoms with Crippen LogP contribution in [-0.4, -0.2) is 37.8 Å². The number of thiazole rings is 1. The predicted octanol–water partition coefficient (Wildman–Crippen LogP) is 2.04. The van der Waals surface area contributed by atoms with Crippen LogP contribution in [-0.2, 0) is 9.53 Å². The highest BCUT2D eigenvalue weighted by Crippen LogP contribution is 2.32. The molecule has 22 heavy (non-hydrogen) atoms. The number of rotatable bonds is 6. The first-order valence-electron chi connectivity index (χ1n) is 6.71. The topological polar surface area (TPSA) is 86.5 Å². The van der Waals surface area contributed by atoms with E-state index < -0.39 is 6.04 Å². The third kappa shape index (κ3) is 3.82. The van der Waals surface area contributed by atoms with Crippen molar-refractivity contribution in [3.63, 3.8) is 0 Å². The van der Waals surface area contributed by atoms with Crippen molar-refractivity contribution in [3.8, 4) is 17.0 Å². The van der Waals surface area contributed by atoms with Gasteiger partial charge >= 0.3 is 0 Å². The van der Waals surface area contributed by atoms with Gasteiger partial charge in [-0.15, -0.1) is 11.3 Å². The van der Waals surface area contributed by atoms with Gasteiger partial charge in [-0.25, -0.2) is 4.98 Å². The minimum Gasteiger partial charge on any atom is -0.496 e. The maximum Gasteiger partial charge on any atom is 0.245 e. The molecule has 0 radical (unpaired) electrons. The smallest absolute Gasteiger partial charge is 0.245 e. The fraction of sp³-hybridized carbons (Fsp3) is 0.333. The average Bonchev–Trinajstić information content (AvgIpc) is 2.95. The highest BCUT2D eigenvalue weighted by atomic mass is 32.1. The Morgan fingerprint density at radius 1 is 1.45 bits per heavy atom. The summed E-state index contributed by atoms with van der Waals surface area (Å²) in [5.41, 5.74) is 8.43. The summed E-state index contributed by atoms with van der Waals surface area (Å²) in [6.45, 7) is 2.16. The number of carbonyl (C=O) groups excluding carboxylic acids is 1. The molecular formula is C15H19N3O3S. The molecule has 0 aliphatic carbocycles. The molecule has 0 aliphatic heterocycles. The van der Waals surface area contributed by atoms with Crippen molar-refractivity contribution < 1.29 is 14.3 Å². The van der Waals surface area contributed by atoms with Crippen LogP contribution in [0.4, 0.5) is 5.13 Å². The zero-order valence-corrected chi connectivity index (χ0v) is 13.6. The quantitative estimate of drug-likeness (QED) is 0.850. The van der Waals surface area contributed by atoms with Gasteiger partial charge in [0.2, 0.25) is 5.91 Å². The summed E-state index contributed by atoms with van der Waals surface area (Å²) < 4.78 is 10.2. The Kier molecular flexibility index (Phi) is 5.48. The molecule has 118 valence electrons. The highest BCUT2D eigenvalue weighted by Gasteiger charge is 2.16. The fourth-order valence-corrected chi connectivity index (χ4v) is 2.64. The number of methoxy groups -OCH3 is 2. The monoisotopic (exact) mass is 321 g/mol. The molecule has 2 aromatic rings. The van der Waals surface area contributed by atoms with Gasteiger partial charge in [0, 0.05) is 18.1 Å². The van der Waals surface area contributed by atoms with Crippen LogP contribution in [0.3, 0.4) is 0 Å². The third-order valence-electron chi connectivity index (χ3n) is 3.05. The van der Waals surface area contributed by atoms with Crippen LogP contribution < -0.4 is 15.8 Å². The second-order valence-electron chi connectivity index (χ2n) is 4.79. The first-order chi connectivity index (χ1) is 10.5. The van der Waals surface area contributed by atoms with E-state index in [2.05, 4.69) is 10.3 Å². The van der Waals surface area contributed by atoms with E-state index in [4.69, 9.17) is 15.2 Å². The maximum absolute atomic E-state index is 11.9. The molecule has 1 unspecified atom stereocenters. The van der Waals surface area contributed by atoms with E-state index >= 15 is 0 Å². The molecule has 0 spiro atoms. The lowest BCUT2D eigenvalue weighted by molar-refractivity contribution is -0.118. The summed E-state index contributed by atoms with van der Waals surface area (Å²) in [7, 11) is 3.12. The number of hydrogen-bond donors (Lipinski definition) is 2. The van der Waals surface area contributed by atoms with E-state index in [-0.39, 0.29) is 12.5 Å². The molecule has 6 nitrogen and oxygen atoms in total. The van der Waals surface area contributed by atoms with Crippen LogP contribution in [0.1, 0.15) is 5.56 Å². The number of carbonyl (C=O) groups is 1. The number of anilines is 1. The van der Waals surface area contributed by atoms with E-state index in [1.54, 1.807) is 7.11 Å². The van der Waals surface area contributed by atoms with E-state index in [1.165, 1.54) is 18.4 Å². The maximum atomic E-state index is 11.9. The molecular weight excluding hydrogens is 302 g/mol. The number of aromatic nitrogens is 1. The van der Waals surface area contributed by atoms with Gasteiger partial charge in [-0.05, 0) is 19.1 Å². The van der Waals surface area contributed by atoms with Gasteiger partial charge in [0.1, 0.15) is 11.8 Å². The van der Waals surface area contributed by atoms with Crippen molar-refractivity contribution in [1.29, 1.82) is 0 Å². The van der Waals surface area contributed by atoms with Crippen LogP contribution in [0.15, 0.2) is 23.6 Å². The summed E-state index contributed by atoms with van der Waals surface area (Å²) in [5.74, 6) is 0.420. The zero-order valence-electron chi connectivity index (χ0n) is 12.8. The van der Waals surface area contributed by atoms with Crippen LogP contribution >= 0.6 is 11.3 Å². The van der Waals surface area contributed by atoms with Crippen LogP contribution in [0.5, 0.6) is 5.75 Å². The molecule has 0 saturated carbocycles. The summed E-state index contributed by atoms with van der Waals surface area (Å²) >= 11 is 1.34. The third-order valence-corrected chi connectivity index (χ3v) is 3.81. The van der Waals surface area contributed by atoms with E-state index in [1.807, 2.05) is 30.5 Å². The number of nitrogens with one attached hydrogen (secondary N) is 1. The molecule has 0 aliphatic rings. The van der Waals surface area contributed by atoms with Crippen molar-refractivity contribution in [2.75, 3.05) is 26.1 Å². The Morgan fingerprint density at radius 3 is 2.91 bits per heavy atom. The number of benzene rings is 1. The van der Waals surface area contributed by atoms with Gasteiger partial charge in [0.05, 0.1) is 19.4 Å². The lowest BCUT2D eigenvalue weighted by atomic mass is 10.1. The molecule has 7 heteroatoms. The van der Waals surface area contributed by atoms with Gasteiger partial charge < -0.3 is 20.5 Å². The number of aryl methyl sites for hydroxylation is 1. The normalized spacial score (nSPS) is 12.0. The van der Waals surface area contributed by atoms with Gasteiger partial charge in [-0.2, -0.15) is 0 Å². The molecule has 0 saturated heterocycles. The zero-order chi connectivity index (χ0) is 16.1. The largest absolute Gasteiger partial charge is 0.496 e. The van der Waals surface area contributed by atoms with Gasteiger partial charge in [0.15, 0.2) is 5.13 Å². The Bertz CT molecular complexity index is 657.